The molecule has 5 nitrogen and oxygen atoms in total. The van der Waals surface area contributed by atoms with Crippen LogP contribution in [0.15, 0.2) is 35.1 Å². The lowest BCUT2D eigenvalue weighted by Crippen LogP contribution is -2.08. The number of anilines is 1. The second-order valence-corrected chi connectivity index (χ2v) is 4.24. The molecule has 5 heteroatoms. The van der Waals surface area contributed by atoms with Gasteiger partial charge in [-0.25, -0.2) is 4.79 Å². The Morgan fingerprint density at radius 2 is 2.00 bits per heavy atom. The SMILES string of the molecule is CCOC(=O)c1conc1-c1ccc(N(C)C)cc1. The molecule has 0 aliphatic carbocycles. The Bertz CT molecular complexity index is 558. The summed E-state index contributed by atoms with van der Waals surface area (Å²) in [6.07, 6.45) is 1.31. The van der Waals surface area contributed by atoms with Crippen LogP contribution in [0.25, 0.3) is 11.3 Å². The maximum Gasteiger partial charge on any atom is 0.343 e. The Morgan fingerprint density at radius 3 is 2.58 bits per heavy atom. The molecule has 2 aromatic rings. The molecule has 0 atom stereocenters. The third-order valence-corrected chi connectivity index (χ3v) is 2.72. The van der Waals surface area contributed by atoms with Crippen LogP contribution in [0.5, 0.6) is 0 Å². The van der Waals surface area contributed by atoms with Gasteiger partial charge >= 0.3 is 5.97 Å². The van der Waals surface area contributed by atoms with Crippen LogP contribution < -0.4 is 4.90 Å². The van der Waals surface area contributed by atoms with Gasteiger partial charge < -0.3 is 14.2 Å². The fraction of sp³-hybridized carbons (Fsp3) is 0.286. The van der Waals surface area contributed by atoms with Crippen molar-refractivity contribution in [2.75, 3.05) is 25.6 Å². The lowest BCUT2D eigenvalue weighted by Gasteiger charge is -2.12. The van der Waals surface area contributed by atoms with Crippen molar-refractivity contribution in [1.82, 2.24) is 5.16 Å². The average molecular weight is 260 g/mol. The Kier molecular flexibility index (Phi) is 3.85. The minimum absolute atomic E-state index is 0.322. The average Bonchev–Trinajstić information content (AvgIpc) is 2.88. The fourth-order valence-electron chi connectivity index (χ4n) is 1.72. The topological polar surface area (TPSA) is 55.6 Å². The minimum Gasteiger partial charge on any atom is -0.462 e. The second-order valence-electron chi connectivity index (χ2n) is 4.24. The zero-order valence-corrected chi connectivity index (χ0v) is 11.2. The molecule has 0 saturated carbocycles. The van der Waals surface area contributed by atoms with E-state index in [1.54, 1.807) is 6.92 Å². The van der Waals surface area contributed by atoms with Crippen molar-refractivity contribution in [1.29, 1.82) is 0 Å². The van der Waals surface area contributed by atoms with Crippen molar-refractivity contribution < 1.29 is 14.1 Å². The van der Waals surface area contributed by atoms with Crippen molar-refractivity contribution in [3.05, 3.63) is 36.1 Å². The highest BCUT2D eigenvalue weighted by molar-refractivity contribution is 5.95. The smallest absolute Gasteiger partial charge is 0.343 e. The molecule has 0 fully saturated rings. The van der Waals surface area contributed by atoms with Crippen LogP contribution in [-0.2, 0) is 4.74 Å². The summed E-state index contributed by atoms with van der Waals surface area (Å²) in [7, 11) is 3.93. The number of aromatic nitrogens is 1. The Morgan fingerprint density at radius 1 is 1.32 bits per heavy atom. The maximum atomic E-state index is 11.7. The number of hydrogen-bond donors (Lipinski definition) is 0. The molecular weight excluding hydrogens is 244 g/mol. The molecule has 1 aromatic carbocycles. The summed E-state index contributed by atoms with van der Waals surface area (Å²) in [6.45, 7) is 2.08. The monoisotopic (exact) mass is 260 g/mol. The van der Waals surface area contributed by atoms with Crippen molar-refractivity contribution in [2.45, 2.75) is 6.92 Å². The molecule has 0 aliphatic heterocycles. The van der Waals surface area contributed by atoms with E-state index in [0.717, 1.165) is 11.3 Å². The summed E-state index contributed by atoms with van der Waals surface area (Å²) >= 11 is 0. The number of carbonyl (C=O) groups excluding carboxylic acids is 1. The molecule has 0 saturated heterocycles. The molecule has 19 heavy (non-hydrogen) atoms. The Balaban J connectivity index is 2.32. The number of nitrogens with zero attached hydrogens (tertiary/aromatic N) is 2. The second kappa shape index (κ2) is 5.56. The van der Waals surface area contributed by atoms with Crippen molar-refractivity contribution >= 4 is 11.7 Å². The predicted octanol–water partition coefficient (Wildman–Crippen LogP) is 2.58. The first-order valence-corrected chi connectivity index (χ1v) is 6.02. The highest BCUT2D eigenvalue weighted by Gasteiger charge is 2.18. The number of carbonyl (C=O) groups is 1. The molecule has 1 aromatic heterocycles. The van der Waals surface area contributed by atoms with Gasteiger partial charge in [0.25, 0.3) is 0 Å². The molecule has 0 bridgehead atoms. The van der Waals surface area contributed by atoms with Crippen LogP contribution in [0.3, 0.4) is 0 Å². The molecule has 100 valence electrons. The quantitative estimate of drug-likeness (QED) is 0.791. The summed E-state index contributed by atoms with van der Waals surface area (Å²) in [4.78, 5) is 13.7. The third-order valence-electron chi connectivity index (χ3n) is 2.72. The summed E-state index contributed by atoms with van der Waals surface area (Å²) in [5.41, 5.74) is 2.75. The normalized spacial score (nSPS) is 10.3. The van der Waals surface area contributed by atoms with Gasteiger partial charge in [0.15, 0.2) is 0 Å². The van der Waals surface area contributed by atoms with E-state index >= 15 is 0 Å². The van der Waals surface area contributed by atoms with Crippen LogP contribution >= 0.6 is 0 Å². The van der Waals surface area contributed by atoms with Crippen LogP contribution in [0.2, 0.25) is 0 Å². The van der Waals surface area contributed by atoms with Crippen LogP contribution in [0.4, 0.5) is 5.69 Å². The molecule has 0 aliphatic rings. The highest BCUT2D eigenvalue weighted by atomic mass is 16.5. The Hall–Kier alpha value is -2.30. The van der Waals surface area contributed by atoms with Crippen LogP contribution in [0, 0.1) is 0 Å². The van der Waals surface area contributed by atoms with Crippen LogP contribution in [-0.4, -0.2) is 31.8 Å². The van der Waals surface area contributed by atoms with Gasteiger partial charge in [0.05, 0.1) is 6.61 Å². The van der Waals surface area contributed by atoms with Crippen LogP contribution in [0.1, 0.15) is 17.3 Å². The summed E-state index contributed by atoms with van der Waals surface area (Å²) < 4.78 is 9.85. The number of esters is 1. The summed E-state index contributed by atoms with van der Waals surface area (Å²) in [6, 6.07) is 7.71. The lowest BCUT2D eigenvalue weighted by atomic mass is 10.1. The molecule has 0 radical (unpaired) electrons. The first kappa shape index (κ1) is 13.1. The van der Waals surface area contributed by atoms with E-state index < -0.39 is 5.97 Å². The fourth-order valence-corrected chi connectivity index (χ4v) is 1.72. The number of rotatable bonds is 4. The van der Waals surface area contributed by atoms with E-state index in [-0.39, 0.29) is 0 Å². The van der Waals surface area contributed by atoms with E-state index in [1.165, 1.54) is 6.26 Å². The largest absolute Gasteiger partial charge is 0.462 e. The first-order chi connectivity index (χ1) is 9.13. The number of ether oxygens (including phenoxy) is 1. The molecular formula is C14H16N2O3. The van der Waals surface area contributed by atoms with Gasteiger partial charge in [0, 0.05) is 25.3 Å². The van der Waals surface area contributed by atoms with Gasteiger partial charge in [0.2, 0.25) is 0 Å². The number of benzene rings is 1. The molecule has 0 amide bonds. The zero-order chi connectivity index (χ0) is 13.8. The van der Waals surface area contributed by atoms with Crippen molar-refractivity contribution in [2.24, 2.45) is 0 Å². The van der Waals surface area contributed by atoms with Gasteiger partial charge in [-0.1, -0.05) is 17.3 Å². The third kappa shape index (κ3) is 2.76. The van der Waals surface area contributed by atoms with Crippen molar-refractivity contribution in [3.8, 4) is 11.3 Å². The minimum atomic E-state index is -0.421. The highest BCUT2D eigenvalue weighted by Crippen LogP contribution is 2.25. The molecule has 2 rings (SSSR count). The molecule has 0 spiro atoms. The van der Waals surface area contributed by atoms with Gasteiger partial charge in [-0.05, 0) is 19.1 Å². The molecule has 0 unspecified atom stereocenters. The van der Waals surface area contributed by atoms with E-state index in [2.05, 4.69) is 5.16 Å². The summed E-state index contributed by atoms with van der Waals surface area (Å²) in [5.74, 6) is -0.421. The van der Waals surface area contributed by atoms with Gasteiger partial charge in [-0.3, -0.25) is 0 Å². The number of hydrogen-bond acceptors (Lipinski definition) is 5. The zero-order valence-electron chi connectivity index (χ0n) is 11.2. The van der Waals surface area contributed by atoms with Gasteiger partial charge in [0.1, 0.15) is 17.5 Å². The summed E-state index contributed by atoms with van der Waals surface area (Å²) in [5, 5.41) is 3.87. The van der Waals surface area contributed by atoms with Crippen molar-refractivity contribution in [3.63, 3.8) is 0 Å². The van der Waals surface area contributed by atoms with E-state index in [1.807, 2.05) is 43.3 Å². The predicted molar refractivity (Wildman–Crippen MR) is 72.2 cm³/mol. The first-order valence-electron chi connectivity index (χ1n) is 6.02. The molecule has 0 N–H and O–H groups in total. The Labute approximate surface area is 111 Å². The lowest BCUT2D eigenvalue weighted by molar-refractivity contribution is 0.0526. The van der Waals surface area contributed by atoms with E-state index in [9.17, 15) is 4.79 Å². The van der Waals surface area contributed by atoms with Gasteiger partial charge in [-0.15, -0.1) is 0 Å². The van der Waals surface area contributed by atoms with E-state index in [0.29, 0.717) is 17.9 Å². The standard InChI is InChI=1S/C14H16N2O3/c1-4-18-14(17)12-9-19-15-13(12)10-5-7-11(8-6-10)16(2)3/h5-9H,4H2,1-3H3. The molecule has 1 heterocycles. The van der Waals surface area contributed by atoms with Gasteiger partial charge in [-0.2, -0.15) is 0 Å². The maximum absolute atomic E-state index is 11.7. The van der Waals surface area contributed by atoms with E-state index in [4.69, 9.17) is 9.26 Å².